The van der Waals surface area contributed by atoms with Crippen LogP contribution in [0.2, 0.25) is 0 Å². The summed E-state index contributed by atoms with van der Waals surface area (Å²) in [5.41, 5.74) is 1.46. The second kappa shape index (κ2) is 4.52. The normalized spacial score (nSPS) is 21.6. The molecule has 1 aliphatic rings. The molecule has 0 aliphatic carbocycles. The maximum atomic E-state index is 12.3. The Balaban J connectivity index is 2.09. The highest BCUT2D eigenvalue weighted by Crippen LogP contribution is 2.39. The number of hydrogen-bond donors (Lipinski definition) is 0. The van der Waals surface area contributed by atoms with Gasteiger partial charge in [0.2, 0.25) is 5.79 Å². The minimum absolute atomic E-state index is 0.0348. The first-order valence-corrected chi connectivity index (χ1v) is 6.17. The van der Waals surface area contributed by atoms with Crippen LogP contribution in [0.5, 0.6) is 5.75 Å². The molecule has 0 spiro atoms. The maximum absolute atomic E-state index is 12.3. The third kappa shape index (κ3) is 1.92. The topological polar surface area (TPSA) is 35.5 Å². The molecule has 0 saturated heterocycles. The maximum Gasteiger partial charge on any atom is 0.244 e. The van der Waals surface area contributed by atoms with Gasteiger partial charge >= 0.3 is 0 Å². The Hall–Kier alpha value is -2.13. The van der Waals surface area contributed by atoms with E-state index in [9.17, 15) is 4.79 Å². The summed E-state index contributed by atoms with van der Waals surface area (Å²) in [4.78, 5) is 12.3. The first kappa shape index (κ1) is 11.9. The first-order chi connectivity index (χ1) is 9.25. The van der Waals surface area contributed by atoms with Crippen LogP contribution in [0.3, 0.4) is 0 Å². The quantitative estimate of drug-likeness (QED) is 0.825. The number of fused-ring (bicyclic) bond motifs is 1. The van der Waals surface area contributed by atoms with Crippen molar-refractivity contribution in [3.05, 3.63) is 65.7 Å². The Kier molecular flexibility index (Phi) is 2.84. The molecule has 2 aromatic carbocycles. The Morgan fingerprint density at radius 3 is 2.47 bits per heavy atom. The van der Waals surface area contributed by atoms with Gasteiger partial charge in [-0.25, -0.2) is 0 Å². The van der Waals surface area contributed by atoms with E-state index in [0.29, 0.717) is 11.3 Å². The molecule has 0 amide bonds. The lowest BCUT2D eigenvalue weighted by molar-refractivity contribution is -0.173. The summed E-state index contributed by atoms with van der Waals surface area (Å²) in [5, 5.41) is 0. The van der Waals surface area contributed by atoms with Crippen LogP contribution in [0, 0.1) is 0 Å². The fourth-order valence-corrected chi connectivity index (χ4v) is 2.39. The molecule has 1 unspecified atom stereocenters. The zero-order valence-electron chi connectivity index (χ0n) is 10.6. The summed E-state index contributed by atoms with van der Waals surface area (Å²) in [6.07, 6.45) is 0.185. The van der Waals surface area contributed by atoms with Gasteiger partial charge < -0.3 is 9.47 Å². The molecule has 0 fully saturated rings. The highest BCUT2D eigenvalue weighted by molar-refractivity contribution is 6.00. The van der Waals surface area contributed by atoms with Gasteiger partial charge in [0.1, 0.15) is 5.75 Å². The highest BCUT2D eigenvalue weighted by atomic mass is 16.7. The van der Waals surface area contributed by atoms with Crippen LogP contribution >= 0.6 is 0 Å². The number of carbonyl (C=O) groups excluding carboxylic acids is 1. The second-order valence-electron chi connectivity index (χ2n) is 4.52. The number of carbonyl (C=O) groups is 1. The summed E-state index contributed by atoms with van der Waals surface area (Å²) < 4.78 is 11.5. The number of methoxy groups -OCH3 is 1. The van der Waals surface area contributed by atoms with Gasteiger partial charge in [-0.3, -0.25) is 4.79 Å². The molecule has 0 saturated carbocycles. The minimum atomic E-state index is -1.02. The molecule has 3 rings (SSSR count). The van der Waals surface area contributed by atoms with E-state index in [1.165, 1.54) is 0 Å². The van der Waals surface area contributed by atoms with E-state index < -0.39 is 5.79 Å². The lowest BCUT2D eigenvalue weighted by Crippen LogP contribution is -2.41. The van der Waals surface area contributed by atoms with Crippen molar-refractivity contribution in [1.82, 2.24) is 0 Å². The summed E-state index contributed by atoms with van der Waals surface area (Å²) in [6, 6.07) is 16.8. The van der Waals surface area contributed by atoms with Crippen molar-refractivity contribution in [1.29, 1.82) is 0 Å². The molecule has 2 aromatic rings. The van der Waals surface area contributed by atoms with Crippen molar-refractivity contribution in [2.45, 2.75) is 12.2 Å². The average Bonchev–Trinajstić information content (AvgIpc) is 2.48. The number of benzene rings is 2. The van der Waals surface area contributed by atoms with Crippen LogP contribution in [0.25, 0.3) is 0 Å². The minimum Gasteiger partial charge on any atom is -0.457 e. The number of rotatable bonds is 2. The monoisotopic (exact) mass is 254 g/mol. The molecule has 1 aliphatic heterocycles. The Morgan fingerprint density at radius 1 is 1.05 bits per heavy atom. The van der Waals surface area contributed by atoms with Gasteiger partial charge in [0.05, 0.1) is 12.0 Å². The summed E-state index contributed by atoms with van der Waals surface area (Å²) in [5.74, 6) is -0.413. The van der Waals surface area contributed by atoms with Crippen molar-refractivity contribution in [2.24, 2.45) is 0 Å². The fraction of sp³-hybridized carbons (Fsp3) is 0.188. The Labute approximate surface area is 111 Å². The van der Waals surface area contributed by atoms with Gasteiger partial charge in [-0.2, -0.15) is 0 Å². The van der Waals surface area contributed by atoms with E-state index in [1.54, 1.807) is 19.2 Å². The molecular weight excluding hydrogens is 240 g/mol. The number of ether oxygens (including phenoxy) is 2. The van der Waals surface area contributed by atoms with Gasteiger partial charge in [0.25, 0.3) is 0 Å². The molecule has 3 nitrogen and oxygen atoms in total. The van der Waals surface area contributed by atoms with Gasteiger partial charge in [-0.15, -0.1) is 0 Å². The summed E-state index contributed by atoms with van der Waals surface area (Å²) >= 11 is 0. The lowest BCUT2D eigenvalue weighted by atomic mass is 9.93. The standard InChI is InChI=1S/C16H14O3/c1-18-16(12-7-3-2-4-8-12)11-14(17)13-9-5-6-10-15(13)19-16/h2-10H,11H2,1H3. The fourth-order valence-electron chi connectivity index (χ4n) is 2.39. The summed E-state index contributed by atoms with van der Waals surface area (Å²) in [6.45, 7) is 0. The van der Waals surface area contributed by atoms with Crippen LogP contribution in [0.4, 0.5) is 0 Å². The smallest absolute Gasteiger partial charge is 0.244 e. The highest BCUT2D eigenvalue weighted by Gasteiger charge is 2.42. The lowest BCUT2D eigenvalue weighted by Gasteiger charge is -2.36. The van der Waals surface area contributed by atoms with E-state index in [4.69, 9.17) is 9.47 Å². The third-order valence-electron chi connectivity index (χ3n) is 3.40. The number of ketones is 1. The van der Waals surface area contributed by atoms with Gasteiger partial charge in [-0.05, 0) is 12.1 Å². The predicted molar refractivity (Wildman–Crippen MR) is 71.1 cm³/mol. The molecule has 0 N–H and O–H groups in total. The number of Topliss-reactive ketones (excluding diaryl/α,β-unsaturated/α-hetero) is 1. The van der Waals surface area contributed by atoms with Crippen molar-refractivity contribution < 1.29 is 14.3 Å². The van der Waals surface area contributed by atoms with E-state index in [2.05, 4.69) is 0 Å². The molecule has 0 radical (unpaired) electrons. The van der Waals surface area contributed by atoms with E-state index >= 15 is 0 Å². The van der Waals surface area contributed by atoms with Crippen molar-refractivity contribution in [2.75, 3.05) is 7.11 Å². The molecule has 96 valence electrons. The Morgan fingerprint density at radius 2 is 1.74 bits per heavy atom. The summed E-state index contributed by atoms with van der Waals surface area (Å²) in [7, 11) is 1.56. The number of hydrogen-bond acceptors (Lipinski definition) is 3. The van der Waals surface area contributed by atoms with Crippen LogP contribution in [-0.4, -0.2) is 12.9 Å². The molecule has 3 heteroatoms. The van der Waals surface area contributed by atoms with Crippen LogP contribution in [0.1, 0.15) is 22.3 Å². The van der Waals surface area contributed by atoms with Crippen LogP contribution in [0.15, 0.2) is 54.6 Å². The Bertz CT molecular complexity index is 606. The van der Waals surface area contributed by atoms with E-state index in [1.807, 2.05) is 42.5 Å². The molecule has 19 heavy (non-hydrogen) atoms. The van der Waals surface area contributed by atoms with Crippen molar-refractivity contribution >= 4 is 5.78 Å². The first-order valence-electron chi connectivity index (χ1n) is 6.17. The van der Waals surface area contributed by atoms with Crippen molar-refractivity contribution in [3.63, 3.8) is 0 Å². The zero-order chi connectivity index (χ0) is 13.3. The van der Waals surface area contributed by atoms with Crippen LogP contribution < -0.4 is 4.74 Å². The zero-order valence-corrected chi connectivity index (χ0v) is 10.6. The molecule has 1 heterocycles. The largest absolute Gasteiger partial charge is 0.457 e. The molecular formula is C16H14O3. The molecule has 1 atom stereocenters. The third-order valence-corrected chi connectivity index (χ3v) is 3.40. The van der Waals surface area contributed by atoms with Crippen LogP contribution in [-0.2, 0) is 10.5 Å². The second-order valence-corrected chi connectivity index (χ2v) is 4.52. The predicted octanol–water partition coefficient (Wildman–Crippen LogP) is 3.15. The van der Waals surface area contributed by atoms with Gasteiger partial charge in [0, 0.05) is 12.7 Å². The average molecular weight is 254 g/mol. The number of para-hydroxylation sites is 1. The SMILES string of the molecule is COC1(c2ccccc2)CC(=O)c2ccccc2O1. The van der Waals surface area contributed by atoms with Gasteiger partial charge in [-0.1, -0.05) is 42.5 Å². The van der Waals surface area contributed by atoms with E-state index in [0.717, 1.165) is 5.56 Å². The van der Waals surface area contributed by atoms with E-state index in [-0.39, 0.29) is 12.2 Å². The molecule has 0 aromatic heterocycles. The van der Waals surface area contributed by atoms with Crippen molar-refractivity contribution in [3.8, 4) is 5.75 Å². The van der Waals surface area contributed by atoms with Gasteiger partial charge in [0.15, 0.2) is 5.78 Å². The molecule has 0 bridgehead atoms.